The molecule has 0 aliphatic carbocycles. The van der Waals surface area contributed by atoms with Gasteiger partial charge in [-0.3, -0.25) is 10.1 Å². The minimum absolute atomic E-state index is 0.225. The van der Waals surface area contributed by atoms with Gasteiger partial charge in [0.2, 0.25) is 0 Å². The first-order chi connectivity index (χ1) is 9.76. The summed E-state index contributed by atoms with van der Waals surface area (Å²) in [6.45, 7) is 9.05. The van der Waals surface area contributed by atoms with Gasteiger partial charge >= 0.3 is 6.03 Å². The fourth-order valence-corrected chi connectivity index (χ4v) is 3.62. The third kappa shape index (κ3) is 4.28. The number of quaternary nitrogens is 1. The average Bonchev–Trinajstić information content (AvgIpc) is 2.79. The average molecular weight is 310 g/mol. The molecule has 1 aromatic rings. The molecule has 3 N–H and O–H groups in total. The zero-order valence-corrected chi connectivity index (χ0v) is 13.9. The monoisotopic (exact) mass is 310 g/mol. The Labute approximate surface area is 129 Å². The van der Waals surface area contributed by atoms with Crippen LogP contribution in [0.25, 0.3) is 0 Å². The van der Waals surface area contributed by atoms with Crippen LogP contribution in [0.2, 0.25) is 0 Å². The van der Waals surface area contributed by atoms with Gasteiger partial charge < -0.3 is 10.2 Å². The molecule has 0 saturated heterocycles. The number of imide groups is 1. The number of carbonyl (C=O) groups excluding carboxylic acids is 2. The maximum Gasteiger partial charge on any atom is 0.322 e. The van der Waals surface area contributed by atoms with E-state index in [1.807, 2.05) is 20.8 Å². The van der Waals surface area contributed by atoms with E-state index in [1.54, 1.807) is 11.3 Å². The molecule has 0 saturated carbocycles. The molecule has 0 aromatic carbocycles. The first-order valence-corrected chi connectivity index (χ1v) is 8.17. The van der Waals surface area contributed by atoms with Gasteiger partial charge in [0.1, 0.15) is 6.04 Å². The number of hydrogen-bond donors (Lipinski definition) is 3. The molecule has 1 aliphatic heterocycles. The van der Waals surface area contributed by atoms with E-state index in [2.05, 4.69) is 29.0 Å². The van der Waals surface area contributed by atoms with Crippen molar-refractivity contribution in [3.8, 4) is 0 Å². The fourth-order valence-electron chi connectivity index (χ4n) is 2.64. The van der Waals surface area contributed by atoms with Crippen molar-refractivity contribution in [3.05, 3.63) is 21.9 Å². The molecule has 2 rings (SSSR count). The Morgan fingerprint density at radius 3 is 2.81 bits per heavy atom. The Morgan fingerprint density at radius 2 is 2.14 bits per heavy atom. The van der Waals surface area contributed by atoms with Gasteiger partial charge in [-0.15, -0.1) is 11.3 Å². The van der Waals surface area contributed by atoms with Crippen LogP contribution in [0.15, 0.2) is 11.4 Å². The van der Waals surface area contributed by atoms with E-state index >= 15 is 0 Å². The Morgan fingerprint density at radius 1 is 1.43 bits per heavy atom. The lowest BCUT2D eigenvalue weighted by Gasteiger charge is -2.30. The SMILES string of the molecule is C[C@@H]1c2ccsc2CC[NH+]1CC(=O)NC(=O)NC(C)(C)C. The summed E-state index contributed by atoms with van der Waals surface area (Å²) >= 11 is 1.79. The third-order valence-corrected chi connectivity index (χ3v) is 4.66. The van der Waals surface area contributed by atoms with Gasteiger partial charge in [-0.25, -0.2) is 4.79 Å². The van der Waals surface area contributed by atoms with Crippen molar-refractivity contribution in [1.29, 1.82) is 0 Å². The quantitative estimate of drug-likeness (QED) is 0.759. The molecule has 2 atom stereocenters. The molecule has 21 heavy (non-hydrogen) atoms. The highest BCUT2D eigenvalue weighted by atomic mass is 32.1. The predicted molar refractivity (Wildman–Crippen MR) is 83.6 cm³/mol. The number of fused-ring (bicyclic) bond motifs is 1. The highest BCUT2D eigenvalue weighted by Gasteiger charge is 2.30. The van der Waals surface area contributed by atoms with Gasteiger partial charge in [-0.1, -0.05) is 0 Å². The number of nitrogens with one attached hydrogen (secondary N) is 3. The van der Waals surface area contributed by atoms with Gasteiger partial charge in [-0.2, -0.15) is 0 Å². The Hall–Kier alpha value is -1.40. The van der Waals surface area contributed by atoms with Crippen LogP contribution >= 0.6 is 11.3 Å². The minimum Gasteiger partial charge on any atom is -0.333 e. The topological polar surface area (TPSA) is 62.6 Å². The largest absolute Gasteiger partial charge is 0.333 e. The molecular formula is C15H24N3O2S+. The van der Waals surface area contributed by atoms with E-state index in [1.165, 1.54) is 15.3 Å². The number of carbonyl (C=O) groups is 2. The van der Waals surface area contributed by atoms with Crippen LogP contribution in [0, 0.1) is 0 Å². The maximum atomic E-state index is 12.0. The van der Waals surface area contributed by atoms with Crippen LogP contribution < -0.4 is 15.5 Å². The van der Waals surface area contributed by atoms with Crippen LogP contribution in [0.5, 0.6) is 0 Å². The summed E-state index contributed by atoms with van der Waals surface area (Å²) in [6, 6.07) is 2.03. The van der Waals surface area contributed by atoms with E-state index in [-0.39, 0.29) is 11.4 Å². The van der Waals surface area contributed by atoms with Crippen LogP contribution in [-0.2, 0) is 11.2 Å². The summed E-state index contributed by atoms with van der Waals surface area (Å²) in [6.07, 6.45) is 1.01. The molecule has 3 amide bonds. The van der Waals surface area contributed by atoms with Crippen LogP contribution in [0.3, 0.4) is 0 Å². The first-order valence-electron chi connectivity index (χ1n) is 7.29. The van der Waals surface area contributed by atoms with Crippen molar-refractivity contribution >= 4 is 23.3 Å². The Kier molecular flexibility index (Phi) is 4.68. The number of thiophene rings is 1. The van der Waals surface area contributed by atoms with Crippen LogP contribution in [0.1, 0.15) is 44.2 Å². The van der Waals surface area contributed by atoms with E-state index in [0.717, 1.165) is 13.0 Å². The van der Waals surface area contributed by atoms with Gasteiger partial charge in [0, 0.05) is 22.4 Å². The second kappa shape index (κ2) is 6.15. The highest BCUT2D eigenvalue weighted by Crippen LogP contribution is 2.24. The molecule has 1 aromatic heterocycles. The van der Waals surface area contributed by atoms with E-state index in [0.29, 0.717) is 12.6 Å². The molecule has 0 bridgehead atoms. The van der Waals surface area contributed by atoms with Crippen LogP contribution in [0.4, 0.5) is 4.79 Å². The molecule has 5 nitrogen and oxygen atoms in total. The number of rotatable bonds is 2. The van der Waals surface area contributed by atoms with Crippen molar-refractivity contribution in [1.82, 2.24) is 10.6 Å². The molecule has 0 radical (unpaired) electrons. The lowest BCUT2D eigenvalue weighted by atomic mass is 10.0. The second-order valence-corrected chi connectivity index (χ2v) is 7.61. The van der Waals surface area contributed by atoms with Crippen molar-refractivity contribution in [3.63, 3.8) is 0 Å². The lowest BCUT2D eigenvalue weighted by Crippen LogP contribution is -3.14. The molecule has 0 fully saturated rings. The normalized spacial score (nSPS) is 21.5. The van der Waals surface area contributed by atoms with Crippen molar-refractivity contribution < 1.29 is 14.5 Å². The Bertz CT molecular complexity index is 533. The summed E-state index contributed by atoms with van der Waals surface area (Å²) in [4.78, 5) is 26.3. The van der Waals surface area contributed by atoms with Gasteiger partial charge in [-0.05, 0) is 39.1 Å². The minimum atomic E-state index is -0.423. The summed E-state index contributed by atoms with van der Waals surface area (Å²) < 4.78 is 0. The Balaban J connectivity index is 1.88. The third-order valence-electron chi connectivity index (χ3n) is 3.66. The van der Waals surface area contributed by atoms with Crippen molar-refractivity contribution in [2.45, 2.75) is 45.7 Å². The zero-order valence-electron chi connectivity index (χ0n) is 13.1. The molecule has 116 valence electrons. The van der Waals surface area contributed by atoms with Crippen molar-refractivity contribution in [2.24, 2.45) is 0 Å². The number of urea groups is 1. The zero-order chi connectivity index (χ0) is 15.6. The maximum absolute atomic E-state index is 12.0. The van der Waals surface area contributed by atoms with Gasteiger partial charge in [0.25, 0.3) is 5.91 Å². The number of hydrogen-bond acceptors (Lipinski definition) is 3. The molecular weight excluding hydrogens is 286 g/mol. The highest BCUT2D eigenvalue weighted by molar-refractivity contribution is 7.10. The molecule has 6 heteroatoms. The van der Waals surface area contributed by atoms with E-state index < -0.39 is 6.03 Å². The van der Waals surface area contributed by atoms with E-state index in [9.17, 15) is 9.59 Å². The second-order valence-electron chi connectivity index (χ2n) is 6.61. The number of amides is 3. The molecule has 1 unspecified atom stereocenters. The molecule has 2 heterocycles. The van der Waals surface area contributed by atoms with Gasteiger partial charge in [0.05, 0.1) is 6.54 Å². The lowest BCUT2D eigenvalue weighted by molar-refractivity contribution is -0.924. The summed E-state index contributed by atoms with van der Waals surface area (Å²) in [5.41, 5.74) is 0.995. The molecule has 0 spiro atoms. The predicted octanol–water partition coefficient (Wildman–Crippen LogP) is 0.874. The standard InChI is InChI=1S/C15H23N3O2S/c1-10-11-6-8-21-12(11)5-7-18(10)9-13(19)16-14(20)17-15(2,3)4/h6,8,10H,5,7,9H2,1-4H3,(H2,16,17,19,20)/p+1/t10-/m1/s1. The van der Waals surface area contributed by atoms with Crippen LogP contribution in [-0.4, -0.2) is 30.6 Å². The summed E-state index contributed by atoms with van der Waals surface area (Å²) in [5, 5.41) is 7.26. The fraction of sp³-hybridized carbons (Fsp3) is 0.600. The molecule has 1 aliphatic rings. The summed E-state index contributed by atoms with van der Waals surface area (Å²) in [5.74, 6) is -0.225. The summed E-state index contributed by atoms with van der Waals surface area (Å²) in [7, 11) is 0. The van der Waals surface area contributed by atoms with E-state index in [4.69, 9.17) is 0 Å². The van der Waals surface area contributed by atoms with Gasteiger partial charge in [0.15, 0.2) is 6.54 Å². The smallest absolute Gasteiger partial charge is 0.322 e. The first kappa shape index (κ1) is 16.0. The van der Waals surface area contributed by atoms with Crippen molar-refractivity contribution in [2.75, 3.05) is 13.1 Å².